The largest absolute Gasteiger partial charge is 0.434 e. The molecule has 0 radical (unpaired) electrons. The molecule has 5 nitrogen and oxygen atoms in total. The lowest BCUT2D eigenvalue weighted by Crippen LogP contribution is -2.22. The van der Waals surface area contributed by atoms with Gasteiger partial charge >= 0.3 is 0 Å². The average Bonchev–Trinajstić information content (AvgIpc) is 3.24. The van der Waals surface area contributed by atoms with Crippen LogP contribution in [0.5, 0.6) is 0 Å². The minimum atomic E-state index is 0.0365. The van der Waals surface area contributed by atoms with Crippen LogP contribution in [0.4, 0.5) is 5.69 Å². The van der Waals surface area contributed by atoms with E-state index >= 15 is 0 Å². The lowest BCUT2D eigenvalue weighted by Gasteiger charge is -2.15. The summed E-state index contributed by atoms with van der Waals surface area (Å²) in [7, 11) is 0. The molecule has 0 saturated heterocycles. The molecule has 5 rings (SSSR count). The fourth-order valence-corrected chi connectivity index (χ4v) is 3.14. The van der Waals surface area contributed by atoms with Crippen LogP contribution in [0.2, 0.25) is 0 Å². The van der Waals surface area contributed by atoms with Gasteiger partial charge in [0.1, 0.15) is 0 Å². The van der Waals surface area contributed by atoms with Gasteiger partial charge in [-0.2, -0.15) is 4.98 Å². The molecule has 0 atom stereocenters. The van der Waals surface area contributed by atoms with Crippen molar-refractivity contribution in [3.63, 3.8) is 0 Å². The SMILES string of the molecule is O=C1c2ccccc2CN1c1ccc(-c2nc3ncccc3o2)cc1. The lowest BCUT2D eigenvalue weighted by atomic mass is 10.1. The van der Waals surface area contributed by atoms with E-state index in [9.17, 15) is 4.79 Å². The van der Waals surface area contributed by atoms with Crippen LogP contribution in [0.15, 0.2) is 71.3 Å². The zero-order valence-corrected chi connectivity index (χ0v) is 13.2. The topological polar surface area (TPSA) is 59.2 Å². The van der Waals surface area contributed by atoms with Crippen LogP contribution < -0.4 is 4.90 Å². The molecule has 0 saturated carbocycles. The fraction of sp³-hybridized carbons (Fsp3) is 0.0500. The molecule has 0 bridgehead atoms. The highest BCUT2D eigenvalue weighted by Crippen LogP contribution is 2.30. The summed E-state index contributed by atoms with van der Waals surface area (Å²) in [5, 5.41) is 0. The quantitative estimate of drug-likeness (QED) is 0.557. The number of benzene rings is 2. The molecule has 3 heterocycles. The van der Waals surface area contributed by atoms with Crippen LogP contribution in [0.25, 0.3) is 22.7 Å². The zero-order valence-electron chi connectivity index (χ0n) is 13.2. The molecule has 1 aliphatic rings. The Labute approximate surface area is 143 Å². The number of hydrogen-bond donors (Lipinski definition) is 0. The number of nitrogens with zero attached hydrogens (tertiary/aromatic N) is 3. The molecule has 4 aromatic rings. The predicted octanol–water partition coefficient (Wildman–Crippen LogP) is 4.05. The second kappa shape index (κ2) is 5.27. The first kappa shape index (κ1) is 13.9. The molecule has 0 fully saturated rings. The second-order valence-electron chi connectivity index (χ2n) is 5.94. The van der Waals surface area contributed by atoms with Crippen molar-refractivity contribution in [3.8, 4) is 11.5 Å². The molecule has 0 aliphatic carbocycles. The van der Waals surface area contributed by atoms with Gasteiger partial charge in [0.05, 0.1) is 6.54 Å². The number of rotatable bonds is 2. The van der Waals surface area contributed by atoms with Gasteiger partial charge < -0.3 is 9.32 Å². The zero-order chi connectivity index (χ0) is 16.8. The third-order valence-corrected chi connectivity index (χ3v) is 4.41. The first-order valence-corrected chi connectivity index (χ1v) is 8.01. The van der Waals surface area contributed by atoms with E-state index in [-0.39, 0.29) is 5.91 Å². The van der Waals surface area contributed by atoms with Crippen molar-refractivity contribution in [1.29, 1.82) is 0 Å². The summed E-state index contributed by atoms with van der Waals surface area (Å²) < 4.78 is 5.74. The van der Waals surface area contributed by atoms with Gasteiger partial charge in [0.25, 0.3) is 5.91 Å². The summed E-state index contributed by atoms with van der Waals surface area (Å²) in [6.45, 7) is 0.598. The summed E-state index contributed by atoms with van der Waals surface area (Å²) >= 11 is 0. The van der Waals surface area contributed by atoms with Gasteiger partial charge in [0, 0.05) is 23.0 Å². The molecule has 0 spiro atoms. The average molecular weight is 327 g/mol. The summed E-state index contributed by atoms with van der Waals surface area (Å²) in [4.78, 5) is 22.9. The predicted molar refractivity (Wildman–Crippen MR) is 94.2 cm³/mol. The Kier molecular flexibility index (Phi) is 2.94. The molecule has 25 heavy (non-hydrogen) atoms. The van der Waals surface area contributed by atoms with Crippen LogP contribution in [0.1, 0.15) is 15.9 Å². The maximum atomic E-state index is 12.6. The van der Waals surface area contributed by atoms with Gasteiger partial charge in [-0.05, 0) is 48.0 Å². The van der Waals surface area contributed by atoms with Gasteiger partial charge in [-0.15, -0.1) is 0 Å². The number of oxazole rings is 1. The Balaban J connectivity index is 1.47. The van der Waals surface area contributed by atoms with E-state index in [2.05, 4.69) is 9.97 Å². The third-order valence-electron chi connectivity index (χ3n) is 4.41. The minimum Gasteiger partial charge on any atom is -0.434 e. The number of carbonyl (C=O) groups excluding carboxylic acids is 1. The summed E-state index contributed by atoms with van der Waals surface area (Å²) in [5.74, 6) is 0.561. The third kappa shape index (κ3) is 2.21. The number of aromatic nitrogens is 2. The Morgan fingerprint density at radius 2 is 1.80 bits per heavy atom. The monoisotopic (exact) mass is 327 g/mol. The number of amides is 1. The first-order valence-electron chi connectivity index (χ1n) is 8.01. The molecular weight excluding hydrogens is 314 g/mol. The number of pyridine rings is 1. The normalized spacial score (nSPS) is 13.4. The van der Waals surface area contributed by atoms with Crippen molar-refractivity contribution >= 4 is 22.8 Å². The fourth-order valence-electron chi connectivity index (χ4n) is 3.14. The van der Waals surface area contributed by atoms with E-state index < -0.39 is 0 Å². The van der Waals surface area contributed by atoms with E-state index in [0.29, 0.717) is 23.7 Å². The highest BCUT2D eigenvalue weighted by Gasteiger charge is 2.27. The summed E-state index contributed by atoms with van der Waals surface area (Å²) in [6.07, 6.45) is 1.69. The van der Waals surface area contributed by atoms with Crippen molar-refractivity contribution < 1.29 is 9.21 Å². The Hall–Kier alpha value is -3.47. The molecule has 2 aromatic heterocycles. The van der Waals surface area contributed by atoms with Crippen LogP contribution in [-0.2, 0) is 6.54 Å². The van der Waals surface area contributed by atoms with E-state index in [1.54, 1.807) is 11.1 Å². The smallest absolute Gasteiger partial charge is 0.258 e. The maximum absolute atomic E-state index is 12.6. The lowest BCUT2D eigenvalue weighted by molar-refractivity contribution is 0.0996. The molecule has 5 heteroatoms. The van der Waals surface area contributed by atoms with Crippen molar-refractivity contribution in [2.45, 2.75) is 6.54 Å². The van der Waals surface area contributed by atoms with Crippen molar-refractivity contribution in [1.82, 2.24) is 9.97 Å². The van der Waals surface area contributed by atoms with Crippen LogP contribution in [-0.4, -0.2) is 15.9 Å². The first-order chi connectivity index (χ1) is 12.3. The van der Waals surface area contributed by atoms with Crippen LogP contribution >= 0.6 is 0 Å². The minimum absolute atomic E-state index is 0.0365. The summed E-state index contributed by atoms with van der Waals surface area (Å²) in [6, 6.07) is 19.0. The Bertz CT molecular complexity index is 1070. The summed E-state index contributed by atoms with van der Waals surface area (Å²) in [5.41, 5.74) is 4.79. The maximum Gasteiger partial charge on any atom is 0.258 e. The molecule has 0 unspecified atom stereocenters. The molecule has 1 amide bonds. The highest BCUT2D eigenvalue weighted by molar-refractivity contribution is 6.10. The van der Waals surface area contributed by atoms with Crippen LogP contribution in [0, 0.1) is 0 Å². The van der Waals surface area contributed by atoms with Crippen molar-refractivity contribution in [2.75, 3.05) is 4.90 Å². The molecular formula is C20H13N3O2. The number of fused-ring (bicyclic) bond motifs is 2. The van der Waals surface area contributed by atoms with E-state index in [0.717, 1.165) is 22.4 Å². The van der Waals surface area contributed by atoms with E-state index in [1.807, 2.05) is 60.7 Å². The Morgan fingerprint density at radius 3 is 2.60 bits per heavy atom. The molecule has 0 N–H and O–H groups in total. The van der Waals surface area contributed by atoms with Crippen molar-refractivity contribution in [3.05, 3.63) is 78.0 Å². The van der Waals surface area contributed by atoms with Gasteiger partial charge in [-0.3, -0.25) is 4.79 Å². The van der Waals surface area contributed by atoms with Gasteiger partial charge in [0.2, 0.25) is 5.89 Å². The molecule has 1 aliphatic heterocycles. The van der Waals surface area contributed by atoms with E-state index in [1.165, 1.54) is 0 Å². The van der Waals surface area contributed by atoms with Gasteiger partial charge in [-0.25, -0.2) is 4.98 Å². The van der Waals surface area contributed by atoms with Crippen molar-refractivity contribution in [2.24, 2.45) is 0 Å². The number of carbonyl (C=O) groups is 1. The van der Waals surface area contributed by atoms with Crippen LogP contribution in [0.3, 0.4) is 0 Å². The highest BCUT2D eigenvalue weighted by atomic mass is 16.3. The second-order valence-corrected chi connectivity index (χ2v) is 5.94. The van der Waals surface area contributed by atoms with Gasteiger partial charge in [-0.1, -0.05) is 18.2 Å². The molecule has 120 valence electrons. The Morgan fingerprint density at radius 1 is 0.960 bits per heavy atom. The molecule has 2 aromatic carbocycles. The number of hydrogen-bond acceptors (Lipinski definition) is 4. The standard InChI is InChI=1S/C20H13N3O2/c24-20-16-5-2-1-4-14(16)12-23(20)15-9-7-13(8-10-15)19-22-18-17(25-19)6-3-11-21-18/h1-11H,12H2. The van der Waals surface area contributed by atoms with Gasteiger partial charge in [0.15, 0.2) is 11.2 Å². The van der Waals surface area contributed by atoms with E-state index in [4.69, 9.17) is 4.42 Å². The number of anilines is 1.